The molecule has 0 bridgehead atoms. The van der Waals surface area contributed by atoms with Gasteiger partial charge >= 0.3 is 0 Å². The van der Waals surface area contributed by atoms with E-state index < -0.39 is 5.79 Å². The average Bonchev–Trinajstić information content (AvgIpc) is 3.26. The van der Waals surface area contributed by atoms with Crippen molar-refractivity contribution in [3.05, 3.63) is 42.0 Å². The molecule has 0 saturated carbocycles. The van der Waals surface area contributed by atoms with E-state index in [1.807, 2.05) is 24.3 Å². The molecule has 2 fully saturated rings. The summed E-state index contributed by atoms with van der Waals surface area (Å²) < 4.78 is 34.9. The number of benzene rings is 1. The van der Waals surface area contributed by atoms with Crippen molar-refractivity contribution in [1.82, 2.24) is 0 Å². The lowest BCUT2D eigenvalue weighted by Crippen LogP contribution is -2.40. The van der Waals surface area contributed by atoms with Gasteiger partial charge in [-0.3, -0.25) is 0 Å². The van der Waals surface area contributed by atoms with Crippen LogP contribution in [0.5, 0.6) is 5.75 Å². The molecule has 2 aliphatic rings. The van der Waals surface area contributed by atoms with Crippen LogP contribution in [0.25, 0.3) is 0 Å². The Kier molecular flexibility index (Phi) is 9.15. The van der Waals surface area contributed by atoms with Gasteiger partial charge in [0.1, 0.15) is 11.9 Å². The summed E-state index contributed by atoms with van der Waals surface area (Å²) in [5, 5.41) is 0. The molecule has 0 aliphatic carbocycles. The summed E-state index contributed by atoms with van der Waals surface area (Å²) in [5.74, 6) is -0.179. The summed E-state index contributed by atoms with van der Waals surface area (Å²) in [5.41, 5.74) is 0.898. The lowest BCUT2D eigenvalue weighted by molar-refractivity contribution is -0.222. The van der Waals surface area contributed by atoms with Crippen molar-refractivity contribution in [3.8, 4) is 5.75 Å². The Hall–Kier alpha value is -1.44. The molecular weight excluding hydrogens is 384 g/mol. The van der Waals surface area contributed by atoms with E-state index in [4.69, 9.17) is 28.4 Å². The molecule has 3 unspecified atom stereocenters. The number of hydrogen-bond acceptors (Lipinski definition) is 6. The molecule has 0 radical (unpaired) electrons. The van der Waals surface area contributed by atoms with Gasteiger partial charge < -0.3 is 28.4 Å². The van der Waals surface area contributed by atoms with Gasteiger partial charge in [-0.1, -0.05) is 24.3 Å². The molecule has 2 heterocycles. The predicted molar refractivity (Wildman–Crippen MR) is 115 cm³/mol. The van der Waals surface area contributed by atoms with Gasteiger partial charge in [-0.15, -0.1) is 0 Å². The third-order valence-electron chi connectivity index (χ3n) is 5.76. The second-order valence-corrected chi connectivity index (χ2v) is 7.86. The van der Waals surface area contributed by atoms with Crippen molar-refractivity contribution in [2.75, 3.05) is 40.6 Å². The van der Waals surface area contributed by atoms with E-state index in [-0.39, 0.29) is 6.10 Å². The standard InChI is InChI=1S/C24H36O6/c1-19-12-13-21(28-15-14-27-19)9-5-4-6-11-23(26-3)24(29-16-17-30-24)20-8-7-10-22(18-20)25-2/h6-8,10-11,18-19,21,23H,4-5,9,12-17H2,1-3H3/b11-6+. The molecule has 168 valence electrons. The fourth-order valence-electron chi connectivity index (χ4n) is 4.09. The van der Waals surface area contributed by atoms with E-state index in [9.17, 15) is 0 Å². The van der Waals surface area contributed by atoms with Gasteiger partial charge in [0.2, 0.25) is 5.79 Å². The summed E-state index contributed by atoms with van der Waals surface area (Å²) in [6.45, 7) is 4.59. The fraction of sp³-hybridized carbons (Fsp3) is 0.667. The first-order chi connectivity index (χ1) is 14.7. The van der Waals surface area contributed by atoms with Crippen LogP contribution in [-0.4, -0.2) is 59.0 Å². The quantitative estimate of drug-likeness (QED) is 0.440. The molecule has 0 amide bonds. The van der Waals surface area contributed by atoms with Crippen molar-refractivity contribution >= 4 is 0 Å². The highest BCUT2D eigenvalue weighted by atomic mass is 16.8. The average molecular weight is 421 g/mol. The lowest BCUT2D eigenvalue weighted by atomic mass is 9.98. The van der Waals surface area contributed by atoms with Crippen molar-refractivity contribution < 1.29 is 28.4 Å². The van der Waals surface area contributed by atoms with Crippen molar-refractivity contribution in [2.24, 2.45) is 0 Å². The van der Waals surface area contributed by atoms with Gasteiger partial charge in [0, 0.05) is 12.7 Å². The van der Waals surface area contributed by atoms with Gasteiger partial charge in [0.05, 0.1) is 45.7 Å². The van der Waals surface area contributed by atoms with Crippen LogP contribution >= 0.6 is 0 Å². The molecule has 6 nitrogen and oxygen atoms in total. The first-order valence-corrected chi connectivity index (χ1v) is 11.0. The molecule has 3 atom stereocenters. The topological polar surface area (TPSA) is 55.4 Å². The Morgan fingerprint density at radius 3 is 2.67 bits per heavy atom. The van der Waals surface area contributed by atoms with Crippen LogP contribution in [0.4, 0.5) is 0 Å². The maximum atomic E-state index is 6.08. The molecule has 0 N–H and O–H groups in total. The number of hydrogen-bond donors (Lipinski definition) is 0. The van der Waals surface area contributed by atoms with Crippen LogP contribution in [0.1, 0.15) is 44.6 Å². The molecule has 30 heavy (non-hydrogen) atoms. The second-order valence-electron chi connectivity index (χ2n) is 7.86. The van der Waals surface area contributed by atoms with Crippen molar-refractivity contribution in [2.45, 2.75) is 63.1 Å². The molecule has 0 aromatic heterocycles. The first kappa shape index (κ1) is 23.2. The molecule has 0 spiro atoms. The number of rotatable bonds is 9. The minimum absolute atomic E-state index is 0.326. The predicted octanol–water partition coefficient (Wildman–Crippen LogP) is 4.22. The Bertz CT molecular complexity index is 655. The summed E-state index contributed by atoms with van der Waals surface area (Å²) in [6, 6.07) is 7.79. The van der Waals surface area contributed by atoms with E-state index >= 15 is 0 Å². The van der Waals surface area contributed by atoms with Gasteiger partial charge in [-0.2, -0.15) is 0 Å². The molecule has 2 saturated heterocycles. The third kappa shape index (κ3) is 6.05. The monoisotopic (exact) mass is 420 g/mol. The van der Waals surface area contributed by atoms with Crippen LogP contribution in [0.15, 0.2) is 36.4 Å². The van der Waals surface area contributed by atoms with Gasteiger partial charge in [0.15, 0.2) is 0 Å². The van der Waals surface area contributed by atoms with Crippen LogP contribution in [0.2, 0.25) is 0 Å². The molecule has 1 aromatic rings. The summed E-state index contributed by atoms with van der Waals surface area (Å²) in [6.07, 6.45) is 9.74. The Labute approximate surface area is 180 Å². The Morgan fingerprint density at radius 1 is 1.10 bits per heavy atom. The van der Waals surface area contributed by atoms with E-state index in [0.717, 1.165) is 43.4 Å². The highest BCUT2D eigenvalue weighted by Crippen LogP contribution is 2.38. The van der Waals surface area contributed by atoms with Crippen molar-refractivity contribution in [1.29, 1.82) is 0 Å². The lowest BCUT2D eigenvalue weighted by Gasteiger charge is -2.33. The summed E-state index contributed by atoms with van der Waals surface area (Å²) in [4.78, 5) is 0. The van der Waals surface area contributed by atoms with E-state index in [2.05, 4.69) is 19.1 Å². The largest absolute Gasteiger partial charge is 0.497 e. The number of allylic oxidation sites excluding steroid dienone is 1. The third-order valence-corrected chi connectivity index (χ3v) is 5.76. The zero-order valence-corrected chi connectivity index (χ0v) is 18.5. The summed E-state index contributed by atoms with van der Waals surface area (Å²) in [7, 11) is 3.34. The molecule has 6 heteroatoms. The van der Waals surface area contributed by atoms with Crippen LogP contribution in [0, 0.1) is 0 Å². The minimum atomic E-state index is -0.946. The zero-order chi connectivity index (χ0) is 21.2. The maximum absolute atomic E-state index is 6.08. The summed E-state index contributed by atoms with van der Waals surface area (Å²) >= 11 is 0. The first-order valence-electron chi connectivity index (χ1n) is 11.0. The smallest absolute Gasteiger partial charge is 0.226 e. The Balaban J connectivity index is 1.56. The highest BCUT2D eigenvalue weighted by molar-refractivity contribution is 5.33. The SMILES string of the molecule is COc1cccc(C2(C(/C=C/CCCC3CCC(C)OCCO3)OC)OCCO2)c1. The molecular formula is C24H36O6. The number of unbranched alkanes of at least 4 members (excludes halogenated alkanes) is 1. The maximum Gasteiger partial charge on any atom is 0.226 e. The van der Waals surface area contributed by atoms with E-state index in [0.29, 0.717) is 38.6 Å². The van der Waals surface area contributed by atoms with Gasteiger partial charge in [0.25, 0.3) is 0 Å². The highest BCUT2D eigenvalue weighted by Gasteiger charge is 2.45. The molecule has 1 aromatic carbocycles. The van der Waals surface area contributed by atoms with Crippen LogP contribution < -0.4 is 4.74 Å². The van der Waals surface area contributed by atoms with E-state index in [1.54, 1.807) is 14.2 Å². The molecule has 3 rings (SSSR count). The number of methoxy groups -OCH3 is 2. The van der Waals surface area contributed by atoms with Crippen molar-refractivity contribution in [3.63, 3.8) is 0 Å². The molecule has 2 aliphatic heterocycles. The second kappa shape index (κ2) is 11.8. The van der Waals surface area contributed by atoms with Gasteiger partial charge in [-0.05, 0) is 51.2 Å². The normalized spacial score (nSPS) is 25.7. The minimum Gasteiger partial charge on any atom is -0.497 e. The Morgan fingerprint density at radius 2 is 1.90 bits per heavy atom. The van der Waals surface area contributed by atoms with E-state index in [1.165, 1.54) is 0 Å². The van der Waals surface area contributed by atoms with Crippen LogP contribution in [0.3, 0.4) is 0 Å². The van der Waals surface area contributed by atoms with Gasteiger partial charge in [-0.25, -0.2) is 0 Å². The van der Waals surface area contributed by atoms with Crippen LogP contribution in [-0.2, 0) is 29.5 Å². The number of ether oxygens (including phenoxy) is 6. The fourth-order valence-corrected chi connectivity index (χ4v) is 4.09. The zero-order valence-electron chi connectivity index (χ0n) is 18.5.